The van der Waals surface area contributed by atoms with Crippen LogP contribution < -0.4 is 5.73 Å². The Kier molecular flexibility index (Phi) is 3.32. The van der Waals surface area contributed by atoms with Crippen molar-refractivity contribution in [2.75, 3.05) is 5.73 Å². The van der Waals surface area contributed by atoms with Crippen LogP contribution in [0.1, 0.15) is 25.8 Å². The van der Waals surface area contributed by atoms with Crippen LogP contribution in [0.2, 0.25) is 0 Å². The normalized spacial score (nSPS) is 23.4. The summed E-state index contributed by atoms with van der Waals surface area (Å²) in [6.07, 6.45) is 7.24. The lowest BCUT2D eigenvalue weighted by molar-refractivity contribution is 0.560. The van der Waals surface area contributed by atoms with Crippen molar-refractivity contribution < 1.29 is 0 Å². The summed E-state index contributed by atoms with van der Waals surface area (Å²) in [6.45, 7) is 6.14. The van der Waals surface area contributed by atoms with Crippen molar-refractivity contribution >= 4 is 11.4 Å². The molecule has 0 fully saturated rings. The zero-order valence-corrected chi connectivity index (χ0v) is 11.1. The lowest BCUT2D eigenvalue weighted by Gasteiger charge is -2.21. The van der Waals surface area contributed by atoms with Crippen molar-refractivity contribution in [1.82, 2.24) is 0 Å². The number of hydrogen-bond donors (Lipinski definition) is 1. The van der Waals surface area contributed by atoms with E-state index in [1.165, 1.54) is 5.57 Å². The summed E-state index contributed by atoms with van der Waals surface area (Å²) in [5.74, 6) is 0. The molecule has 0 aliphatic heterocycles. The molecule has 0 saturated carbocycles. The summed E-state index contributed by atoms with van der Waals surface area (Å²) in [5.41, 5.74) is 9.49. The predicted molar refractivity (Wildman–Crippen MR) is 76.0 cm³/mol. The van der Waals surface area contributed by atoms with Gasteiger partial charge in [-0.05, 0) is 38.8 Å². The Morgan fingerprint density at radius 3 is 2.72 bits per heavy atom. The van der Waals surface area contributed by atoms with Crippen molar-refractivity contribution in [2.45, 2.75) is 32.7 Å². The minimum Gasteiger partial charge on any atom is -0.397 e. The summed E-state index contributed by atoms with van der Waals surface area (Å²) < 4.78 is 0. The van der Waals surface area contributed by atoms with E-state index in [-0.39, 0.29) is 5.54 Å². The summed E-state index contributed by atoms with van der Waals surface area (Å²) in [5, 5.41) is 8.74. The van der Waals surface area contributed by atoms with Crippen molar-refractivity contribution in [2.24, 2.45) is 10.2 Å². The second-order valence-corrected chi connectivity index (χ2v) is 5.05. The number of nitrogens with two attached hydrogens (primary N) is 1. The largest absolute Gasteiger partial charge is 0.397 e. The van der Waals surface area contributed by atoms with Crippen molar-refractivity contribution in [3.8, 4) is 0 Å². The summed E-state index contributed by atoms with van der Waals surface area (Å²) in [7, 11) is 0. The van der Waals surface area contributed by atoms with E-state index in [1.54, 1.807) is 0 Å². The molecule has 0 saturated heterocycles. The van der Waals surface area contributed by atoms with E-state index in [0.717, 1.165) is 17.7 Å². The third-order valence-corrected chi connectivity index (χ3v) is 3.23. The number of rotatable bonds is 2. The molecule has 0 bridgehead atoms. The Labute approximate surface area is 108 Å². The van der Waals surface area contributed by atoms with E-state index < -0.39 is 0 Å². The molecule has 1 aromatic rings. The molecule has 0 heterocycles. The summed E-state index contributed by atoms with van der Waals surface area (Å²) >= 11 is 0. The summed E-state index contributed by atoms with van der Waals surface area (Å²) in [6, 6.07) is 5.81. The highest BCUT2D eigenvalue weighted by Crippen LogP contribution is 2.30. The van der Waals surface area contributed by atoms with Crippen molar-refractivity contribution in [3.05, 3.63) is 47.6 Å². The van der Waals surface area contributed by atoms with E-state index in [2.05, 4.69) is 42.3 Å². The summed E-state index contributed by atoms with van der Waals surface area (Å²) in [4.78, 5) is 0. The third-order valence-electron chi connectivity index (χ3n) is 3.23. The molecule has 1 aliphatic rings. The van der Waals surface area contributed by atoms with E-state index >= 15 is 0 Å². The van der Waals surface area contributed by atoms with Crippen LogP contribution in [0.5, 0.6) is 0 Å². The van der Waals surface area contributed by atoms with Gasteiger partial charge in [-0.3, -0.25) is 0 Å². The molecule has 1 atom stereocenters. The van der Waals surface area contributed by atoms with Crippen LogP contribution in [0.15, 0.2) is 52.2 Å². The van der Waals surface area contributed by atoms with Crippen molar-refractivity contribution in [3.63, 3.8) is 0 Å². The van der Waals surface area contributed by atoms with Crippen LogP contribution in [0.3, 0.4) is 0 Å². The minimum atomic E-state index is -0.254. The van der Waals surface area contributed by atoms with Gasteiger partial charge in [0.25, 0.3) is 0 Å². The monoisotopic (exact) mass is 241 g/mol. The van der Waals surface area contributed by atoms with Gasteiger partial charge in [-0.2, -0.15) is 10.2 Å². The molecule has 3 heteroatoms. The minimum absolute atomic E-state index is 0.254. The molecule has 1 unspecified atom stereocenters. The van der Waals surface area contributed by atoms with Crippen LogP contribution in [-0.2, 0) is 0 Å². The fourth-order valence-corrected chi connectivity index (χ4v) is 1.81. The molecular weight excluding hydrogens is 222 g/mol. The second-order valence-electron chi connectivity index (χ2n) is 5.05. The first-order valence-corrected chi connectivity index (χ1v) is 6.14. The number of allylic oxidation sites excluding steroid dienone is 2. The molecule has 0 aromatic heterocycles. The molecule has 3 nitrogen and oxygen atoms in total. The van der Waals surface area contributed by atoms with Gasteiger partial charge in [-0.15, -0.1) is 0 Å². The number of anilines is 1. The average Bonchev–Trinajstić information content (AvgIpc) is 2.35. The highest BCUT2D eigenvalue weighted by Gasteiger charge is 2.21. The molecule has 94 valence electrons. The molecule has 2 rings (SSSR count). The smallest absolute Gasteiger partial charge is 0.108 e. The third kappa shape index (κ3) is 2.67. The maximum absolute atomic E-state index is 5.98. The number of benzene rings is 1. The molecule has 0 spiro atoms. The van der Waals surface area contributed by atoms with E-state index in [9.17, 15) is 0 Å². The van der Waals surface area contributed by atoms with Gasteiger partial charge in [0.05, 0.1) is 5.69 Å². The van der Waals surface area contributed by atoms with Gasteiger partial charge >= 0.3 is 0 Å². The van der Waals surface area contributed by atoms with E-state index in [0.29, 0.717) is 5.69 Å². The van der Waals surface area contributed by atoms with E-state index in [1.807, 2.05) is 25.1 Å². The van der Waals surface area contributed by atoms with E-state index in [4.69, 9.17) is 5.73 Å². The van der Waals surface area contributed by atoms with Gasteiger partial charge in [-0.25, -0.2) is 0 Å². The first-order valence-electron chi connectivity index (χ1n) is 6.14. The van der Waals surface area contributed by atoms with Gasteiger partial charge in [0.1, 0.15) is 11.2 Å². The second kappa shape index (κ2) is 4.77. The number of nitrogens with zero attached hydrogens (tertiary/aromatic N) is 2. The Bertz CT molecular complexity index is 541. The molecule has 1 aliphatic carbocycles. The maximum atomic E-state index is 5.98. The number of nitrogen functional groups attached to an aromatic ring is 1. The average molecular weight is 241 g/mol. The quantitative estimate of drug-likeness (QED) is 0.608. The highest BCUT2D eigenvalue weighted by atomic mass is 15.2. The topological polar surface area (TPSA) is 50.7 Å². The zero-order chi connectivity index (χ0) is 13.2. The molecular formula is C15H19N3. The van der Waals surface area contributed by atoms with Gasteiger partial charge in [0, 0.05) is 0 Å². The van der Waals surface area contributed by atoms with Gasteiger partial charge in [-0.1, -0.05) is 35.9 Å². The van der Waals surface area contributed by atoms with Gasteiger partial charge in [0.2, 0.25) is 0 Å². The lowest BCUT2D eigenvalue weighted by atomic mass is 9.92. The first-order chi connectivity index (χ1) is 8.50. The first kappa shape index (κ1) is 12.6. The molecule has 2 N–H and O–H groups in total. The van der Waals surface area contributed by atoms with Crippen LogP contribution in [-0.4, -0.2) is 5.54 Å². The van der Waals surface area contributed by atoms with Crippen LogP contribution in [0.4, 0.5) is 11.4 Å². The SMILES string of the molecule is CC1=CCC(C)(N=Nc2cccc(C)c2N)C=C1. The Morgan fingerprint density at radius 2 is 2.06 bits per heavy atom. The van der Waals surface area contributed by atoms with Gasteiger partial charge < -0.3 is 5.73 Å². The van der Waals surface area contributed by atoms with Crippen molar-refractivity contribution in [1.29, 1.82) is 0 Å². The molecule has 1 aromatic carbocycles. The molecule has 0 amide bonds. The maximum Gasteiger partial charge on any atom is 0.108 e. The lowest BCUT2D eigenvalue weighted by Crippen LogP contribution is -2.18. The fraction of sp³-hybridized carbons (Fsp3) is 0.333. The number of hydrogen-bond acceptors (Lipinski definition) is 3. The number of para-hydroxylation sites is 1. The Balaban J connectivity index is 2.22. The zero-order valence-electron chi connectivity index (χ0n) is 11.1. The fourth-order valence-electron chi connectivity index (χ4n) is 1.81. The number of aryl methyl sites for hydroxylation is 1. The Hall–Kier alpha value is -1.90. The molecule has 18 heavy (non-hydrogen) atoms. The standard InChI is InChI=1S/C15H19N3/c1-11-7-9-15(3,10-8-11)18-17-13-6-4-5-12(2)14(13)16/h4-9H,10,16H2,1-3H3. The van der Waals surface area contributed by atoms with Gasteiger partial charge in [0.15, 0.2) is 0 Å². The highest BCUT2D eigenvalue weighted by molar-refractivity contribution is 5.65. The predicted octanol–water partition coefficient (Wildman–Crippen LogP) is 4.33. The van der Waals surface area contributed by atoms with Crippen LogP contribution >= 0.6 is 0 Å². The van der Waals surface area contributed by atoms with Crippen LogP contribution in [0, 0.1) is 6.92 Å². The Morgan fingerprint density at radius 1 is 1.28 bits per heavy atom. The number of azo groups is 1. The molecule has 0 radical (unpaired) electrons. The van der Waals surface area contributed by atoms with Crippen LogP contribution in [0.25, 0.3) is 0 Å².